The third-order valence-corrected chi connectivity index (χ3v) is 5.52. The molecule has 0 amide bonds. The van der Waals surface area contributed by atoms with Crippen LogP contribution in [0.3, 0.4) is 0 Å². The van der Waals surface area contributed by atoms with Crippen molar-refractivity contribution >= 4 is 5.69 Å². The van der Waals surface area contributed by atoms with E-state index < -0.39 is 6.17 Å². The molecule has 0 N–H and O–H groups in total. The largest absolute Gasteiger partial charge is 0.367 e. The summed E-state index contributed by atoms with van der Waals surface area (Å²) in [7, 11) is 0. The Kier molecular flexibility index (Phi) is 6.13. The van der Waals surface area contributed by atoms with E-state index in [0.29, 0.717) is 17.5 Å². The van der Waals surface area contributed by atoms with Crippen molar-refractivity contribution in [1.29, 1.82) is 5.26 Å². The van der Waals surface area contributed by atoms with Crippen LogP contribution in [0.5, 0.6) is 0 Å². The highest BCUT2D eigenvalue weighted by Crippen LogP contribution is 2.39. The van der Waals surface area contributed by atoms with E-state index in [0.717, 1.165) is 49.5 Å². The molecule has 0 bridgehead atoms. The summed E-state index contributed by atoms with van der Waals surface area (Å²) < 4.78 is 14.6. The van der Waals surface area contributed by atoms with Crippen molar-refractivity contribution in [1.82, 2.24) is 4.90 Å². The average Bonchev–Trinajstić information content (AvgIpc) is 2.72. The molecule has 1 fully saturated rings. The SMILES string of the molecule is CCC(F)c1ccc(-c2ccc(C)cc2)c(N2CCN(CC)CC2)c1C#N. The second-order valence-electron chi connectivity index (χ2n) is 7.20. The molecule has 1 aliphatic rings. The predicted octanol–water partition coefficient (Wildman–Crippen LogP) is 5.10. The first-order valence-electron chi connectivity index (χ1n) is 9.84. The summed E-state index contributed by atoms with van der Waals surface area (Å²) in [5.74, 6) is 0. The second-order valence-corrected chi connectivity index (χ2v) is 7.20. The van der Waals surface area contributed by atoms with Crippen molar-refractivity contribution in [2.45, 2.75) is 33.4 Å². The number of benzene rings is 2. The number of hydrogen-bond donors (Lipinski definition) is 0. The van der Waals surface area contributed by atoms with E-state index >= 15 is 0 Å². The Hall–Kier alpha value is -2.38. The summed E-state index contributed by atoms with van der Waals surface area (Å²) in [5.41, 5.74) is 5.19. The van der Waals surface area contributed by atoms with E-state index in [4.69, 9.17) is 0 Å². The van der Waals surface area contributed by atoms with Crippen LogP contribution in [-0.2, 0) is 0 Å². The number of nitriles is 1. The van der Waals surface area contributed by atoms with Gasteiger partial charge in [-0.2, -0.15) is 5.26 Å². The quantitative estimate of drug-likeness (QED) is 0.739. The standard InChI is InChI=1S/C23H28FN3/c1-4-22(24)20-11-10-19(18-8-6-17(3)7-9-18)23(21(20)16-25)27-14-12-26(5-2)13-15-27/h6-11,22H,4-5,12-15H2,1-3H3. The van der Waals surface area contributed by atoms with Crippen molar-refractivity contribution in [2.75, 3.05) is 37.6 Å². The summed E-state index contributed by atoms with van der Waals surface area (Å²) in [6.07, 6.45) is -0.732. The Morgan fingerprint density at radius 2 is 1.70 bits per heavy atom. The van der Waals surface area contributed by atoms with Gasteiger partial charge < -0.3 is 9.80 Å². The van der Waals surface area contributed by atoms with E-state index in [9.17, 15) is 9.65 Å². The number of halogens is 1. The number of aryl methyl sites for hydroxylation is 1. The number of likely N-dealkylation sites (N-methyl/N-ethyl adjacent to an activating group) is 1. The highest BCUT2D eigenvalue weighted by Gasteiger charge is 2.25. The lowest BCUT2D eigenvalue weighted by Gasteiger charge is -2.37. The first-order valence-corrected chi connectivity index (χ1v) is 9.84. The van der Waals surface area contributed by atoms with Crippen molar-refractivity contribution in [3.63, 3.8) is 0 Å². The molecule has 1 unspecified atom stereocenters. The van der Waals surface area contributed by atoms with Crippen LogP contribution in [-0.4, -0.2) is 37.6 Å². The van der Waals surface area contributed by atoms with Gasteiger partial charge in [0, 0.05) is 37.3 Å². The summed E-state index contributed by atoms with van der Waals surface area (Å²) >= 11 is 0. The molecule has 0 spiro atoms. The predicted molar refractivity (Wildman–Crippen MR) is 110 cm³/mol. The number of anilines is 1. The zero-order chi connectivity index (χ0) is 19.4. The van der Waals surface area contributed by atoms with Crippen molar-refractivity contribution in [3.8, 4) is 17.2 Å². The highest BCUT2D eigenvalue weighted by molar-refractivity contribution is 5.84. The molecule has 142 valence electrons. The topological polar surface area (TPSA) is 30.3 Å². The third-order valence-electron chi connectivity index (χ3n) is 5.52. The normalized spacial score (nSPS) is 16.2. The lowest BCUT2D eigenvalue weighted by atomic mass is 9.92. The fraction of sp³-hybridized carbons (Fsp3) is 0.435. The Balaban J connectivity index is 2.13. The van der Waals surface area contributed by atoms with E-state index in [1.807, 2.05) is 13.0 Å². The van der Waals surface area contributed by atoms with Crippen molar-refractivity contribution < 1.29 is 4.39 Å². The van der Waals surface area contributed by atoms with Crippen LogP contribution in [0.2, 0.25) is 0 Å². The molecule has 0 radical (unpaired) electrons. The van der Waals surface area contributed by atoms with Crippen LogP contribution in [0.1, 0.15) is 43.1 Å². The highest BCUT2D eigenvalue weighted by atomic mass is 19.1. The van der Waals surface area contributed by atoms with Gasteiger partial charge in [-0.25, -0.2) is 4.39 Å². The third kappa shape index (κ3) is 3.99. The molecule has 2 aromatic rings. The van der Waals surface area contributed by atoms with E-state index in [-0.39, 0.29) is 0 Å². The minimum absolute atomic E-state index is 0.377. The maximum Gasteiger partial charge on any atom is 0.126 e. The second kappa shape index (κ2) is 8.54. The fourth-order valence-electron chi connectivity index (χ4n) is 3.79. The van der Waals surface area contributed by atoms with Crippen molar-refractivity contribution in [2.24, 2.45) is 0 Å². The van der Waals surface area contributed by atoms with Crippen LogP contribution in [0.4, 0.5) is 10.1 Å². The molecule has 1 saturated heterocycles. The van der Waals surface area contributed by atoms with Gasteiger partial charge in [0.05, 0.1) is 11.3 Å². The van der Waals surface area contributed by atoms with Gasteiger partial charge in [-0.05, 0) is 25.5 Å². The van der Waals surface area contributed by atoms with E-state index in [1.54, 1.807) is 6.07 Å². The van der Waals surface area contributed by atoms with Gasteiger partial charge in [0.2, 0.25) is 0 Å². The van der Waals surface area contributed by atoms with E-state index in [2.05, 4.69) is 54.0 Å². The smallest absolute Gasteiger partial charge is 0.126 e. The lowest BCUT2D eigenvalue weighted by molar-refractivity contribution is 0.271. The number of rotatable bonds is 5. The van der Waals surface area contributed by atoms with Gasteiger partial charge in [0.1, 0.15) is 12.2 Å². The lowest BCUT2D eigenvalue weighted by Crippen LogP contribution is -2.46. The molecular formula is C23H28FN3. The molecule has 0 aliphatic carbocycles. The number of piperazine rings is 1. The number of hydrogen-bond acceptors (Lipinski definition) is 3. The zero-order valence-corrected chi connectivity index (χ0v) is 16.5. The monoisotopic (exact) mass is 365 g/mol. The molecular weight excluding hydrogens is 337 g/mol. The zero-order valence-electron chi connectivity index (χ0n) is 16.5. The van der Waals surface area contributed by atoms with Crippen LogP contribution in [0.15, 0.2) is 36.4 Å². The average molecular weight is 365 g/mol. The van der Waals surface area contributed by atoms with Gasteiger partial charge in [-0.3, -0.25) is 0 Å². The molecule has 3 rings (SSSR count). The van der Waals surface area contributed by atoms with Gasteiger partial charge in [0.25, 0.3) is 0 Å². The summed E-state index contributed by atoms with van der Waals surface area (Å²) in [6.45, 7) is 10.7. The maximum absolute atomic E-state index is 14.6. The minimum atomic E-state index is -1.11. The molecule has 1 aliphatic heterocycles. The number of nitrogens with zero attached hydrogens (tertiary/aromatic N) is 3. The van der Waals surface area contributed by atoms with Crippen LogP contribution in [0.25, 0.3) is 11.1 Å². The molecule has 3 nitrogen and oxygen atoms in total. The minimum Gasteiger partial charge on any atom is -0.367 e. The van der Waals surface area contributed by atoms with Gasteiger partial charge >= 0.3 is 0 Å². The molecule has 0 saturated carbocycles. The van der Waals surface area contributed by atoms with Gasteiger partial charge in [-0.15, -0.1) is 0 Å². The van der Waals surface area contributed by atoms with Gasteiger partial charge in [-0.1, -0.05) is 55.8 Å². The van der Waals surface area contributed by atoms with Crippen LogP contribution >= 0.6 is 0 Å². The summed E-state index contributed by atoms with van der Waals surface area (Å²) in [6, 6.07) is 14.5. The fourth-order valence-corrected chi connectivity index (χ4v) is 3.79. The first-order chi connectivity index (χ1) is 13.1. The van der Waals surface area contributed by atoms with Crippen LogP contribution < -0.4 is 4.90 Å². The molecule has 27 heavy (non-hydrogen) atoms. The number of alkyl halides is 1. The Labute approximate surface area is 162 Å². The van der Waals surface area contributed by atoms with Crippen LogP contribution in [0, 0.1) is 18.3 Å². The molecule has 1 heterocycles. The molecule has 4 heteroatoms. The summed E-state index contributed by atoms with van der Waals surface area (Å²) in [4.78, 5) is 4.67. The van der Waals surface area contributed by atoms with E-state index in [1.165, 1.54) is 5.56 Å². The van der Waals surface area contributed by atoms with Gasteiger partial charge in [0.15, 0.2) is 0 Å². The Bertz CT molecular complexity index is 815. The van der Waals surface area contributed by atoms with Crippen molar-refractivity contribution in [3.05, 3.63) is 53.1 Å². The molecule has 1 atom stereocenters. The Morgan fingerprint density at radius 1 is 1.04 bits per heavy atom. The first kappa shape index (κ1) is 19.4. The molecule has 0 aromatic heterocycles. The Morgan fingerprint density at radius 3 is 2.26 bits per heavy atom. The summed E-state index contributed by atoms with van der Waals surface area (Å²) in [5, 5.41) is 9.93. The molecule has 2 aromatic carbocycles. The maximum atomic E-state index is 14.6.